The molecule has 1 atom stereocenters. The van der Waals surface area contributed by atoms with Crippen molar-refractivity contribution in [3.8, 4) is 0 Å². The molecule has 3 heteroatoms. The van der Waals surface area contributed by atoms with Crippen LogP contribution < -0.4 is 10.6 Å². The summed E-state index contributed by atoms with van der Waals surface area (Å²) in [6.07, 6.45) is 3.60. The van der Waals surface area contributed by atoms with Gasteiger partial charge >= 0.3 is 6.03 Å². The fourth-order valence-electron chi connectivity index (χ4n) is 2.16. The lowest BCUT2D eigenvalue weighted by molar-refractivity contribution is 0.254. The Morgan fingerprint density at radius 1 is 1.44 bits per heavy atom. The van der Waals surface area contributed by atoms with Crippen molar-refractivity contribution >= 4 is 11.7 Å². The highest BCUT2D eigenvalue weighted by Gasteiger charge is 2.26. The Morgan fingerprint density at radius 2 is 2.17 bits per heavy atom. The van der Waals surface area contributed by atoms with Crippen LogP contribution in [-0.4, -0.2) is 13.1 Å². The zero-order valence-electron chi connectivity index (χ0n) is 11.4. The van der Waals surface area contributed by atoms with Crippen LogP contribution in [0.1, 0.15) is 56.1 Å². The standard InChI is InChI=1S/C15H22N2O/c1-4-10(2)12-7-8-13(11-5-6-11)14(9-12)17-15(18)16-3/h7-11H,4-6H2,1-3H3,(H2,16,17,18). The zero-order chi connectivity index (χ0) is 13.1. The van der Waals surface area contributed by atoms with Crippen LogP contribution in [0.25, 0.3) is 0 Å². The van der Waals surface area contributed by atoms with Gasteiger partial charge in [0.2, 0.25) is 0 Å². The molecule has 2 amide bonds. The second-order valence-electron chi connectivity index (χ2n) is 5.13. The lowest BCUT2D eigenvalue weighted by Crippen LogP contribution is -2.25. The van der Waals surface area contributed by atoms with Crippen molar-refractivity contribution in [1.29, 1.82) is 0 Å². The highest BCUT2D eigenvalue weighted by Crippen LogP contribution is 2.44. The van der Waals surface area contributed by atoms with Gasteiger partial charge in [0.05, 0.1) is 0 Å². The number of carbonyl (C=O) groups excluding carboxylic acids is 1. The first kappa shape index (κ1) is 12.9. The normalized spacial score (nSPS) is 16.2. The summed E-state index contributed by atoms with van der Waals surface area (Å²) in [6, 6.07) is 6.39. The van der Waals surface area contributed by atoms with Crippen LogP contribution in [0.15, 0.2) is 18.2 Å². The summed E-state index contributed by atoms with van der Waals surface area (Å²) in [5, 5.41) is 5.56. The van der Waals surface area contributed by atoms with E-state index in [9.17, 15) is 4.79 Å². The molecule has 0 radical (unpaired) electrons. The van der Waals surface area contributed by atoms with E-state index in [1.165, 1.54) is 24.0 Å². The molecule has 2 N–H and O–H groups in total. The predicted molar refractivity (Wildman–Crippen MR) is 75.2 cm³/mol. The van der Waals surface area contributed by atoms with E-state index in [4.69, 9.17) is 0 Å². The fraction of sp³-hybridized carbons (Fsp3) is 0.533. The Morgan fingerprint density at radius 3 is 2.72 bits per heavy atom. The monoisotopic (exact) mass is 246 g/mol. The minimum absolute atomic E-state index is 0.141. The summed E-state index contributed by atoms with van der Waals surface area (Å²) in [6.45, 7) is 4.40. The van der Waals surface area contributed by atoms with Crippen molar-refractivity contribution in [1.82, 2.24) is 5.32 Å². The first-order valence-electron chi connectivity index (χ1n) is 6.78. The highest BCUT2D eigenvalue weighted by atomic mass is 16.2. The van der Waals surface area contributed by atoms with Crippen LogP contribution in [-0.2, 0) is 0 Å². The third kappa shape index (κ3) is 2.84. The molecule has 0 saturated heterocycles. The number of carbonyl (C=O) groups is 1. The van der Waals surface area contributed by atoms with Gasteiger partial charge in [-0.25, -0.2) is 4.79 Å². The van der Waals surface area contributed by atoms with Crippen LogP contribution >= 0.6 is 0 Å². The van der Waals surface area contributed by atoms with Crippen LogP contribution in [0, 0.1) is 0 Å². The molecule has 1 fully saturated rings. The van der Waals surface area contributed by atoms with Crippen molar-refractivity contribution in [3.63, 3.8) is 0 Å². The fourth-order valence-corrected chi connectivity index (χ4v) is 2.16. The number of urea groups is 1. The van der Waals surface area contributed by atoms with Crippen molar-refractivity contribution < 1.29 is 4.79 Å². The largest absolute Gasteiger partial charge is 0.341 e. The number of benzene rings is 1. The molecule has 3 nitrogen and oxygen atoms in total. The zero-order valence-corrected chi connectivity index (χ0v) is 11.4. The molecule has 0 bridgehead atoms. The highest BCUT2D eigenvalue weighted by molar-refractivity contribution is 5.90. The van der Waals surface area contributed by atoms with Gasteiger partial charge in [0, 0.05) is 12.7 Å². The Kier molecular flexibility index (Phi) is 3.90. The molecule has 1 aliphatic carbocycles. The summed E-state index contributed by atoms with van der Waals surface area (Å²) in [7, 11) is 1.64. The number of amides is 2. The van der Waals surface area contributed by atoms with Crippen LogP contribution in [0.2, 0.25) is 0 Å². The van der Waals surface area contributed by atoms with Crippen molar-refractivity contribution in [3.05, 3.63) is 29.3 Å². The van der Waals surface area contributed by atoms with Crippen LogP contribution in [0.3, 0.4) is 0 Å². The Labute approximate surface area is 109 Å². The lowest BCUT2D eigenvalue weighted by Gasteiger charge is -2.15. The van der Waals surface area contributed by atoms with Gasteiger partial charge in [-0.3, -0.25) is 0 Å². The average Bonchev–Trinajstić information content (AvgIpc) is 3.21. The first-order valence-corrected chi connectivity index (χ1v) is 6.78. The molecule has 1 aromatic carbocycles. The molecule has 0 spiro atoms. The molecule has 18 heavy (non-hydrogen) atoms. The minimum atomic E-state index is -0.141. The number of nitrogens with one attached hydrogen (secondary N) is 2. The number of rotatable bonds is 4. The third-order valence-electron chi connectivity index (χ3n) is 3.75. The maximum Gasteiger partial charge on any atom is 0.318 e. The third-order valence-corrected chi connectivity index (χ3v) is 3.75. The smallest absolute Gasteiger partial charge is 0.318 e. The van der Waals surface area contributed by atoms with E-state index in [1.807, 2.05) is 0 Å². The molecule has 0 aromatic heterocycles. The van der Waals surface area contributed by atoms with Gasteiger partial charge in [0.1, 0.15) is 0 Å². The van der Waals surface area contributed by atoms with Gasteiger partial charge in [-0.2, -0.15) is 0 Å². The topological polar surface area (TPSA) is 41.1 Å². The predicted octanol–water partition coefficient (Wildman–Crippen LogP) is 3.83. The maximum atomic E-state index is 11.5. The Hall–Kier alpha value is -1.51. The summed E-state index contributed by atoms with van der Waals surface area (Å²) >= 11 is 0. The minimum Gasteiger partial charge on any atom is -0.341 e. The van der Waals surface area contributed by atoms with Gasteiger partial charge in [-0.05, 0) is 48.3 Å². The van der Waals surface area contributed by atoms with Gasteiger partial charge < -0.3 is 10.6 Å². The maximum absolute atomic E-state index is 11.5. The van der Waals surface area contributed by atoms with Crippen molar-refractivity contribution in [2.24, 2.45) is 0 Å². The van der Waals surface area contributed by atoms with E-state index in [1.54, 1.807) is 7.05 Å². The van der Waals surface area contributed by atoms with Gasteiger partial charge in [-0.15, -0.1) is 0 Å². The summed E-state index contributed by atoms with van der Waals surface area (Å²) in [5.41, 5.74) is 3.56. The summed E-state index contributed by atoms with van der Waals surface area (Å²) in [5.74, 6) is 1.17. The molecule has 1 unspecified atom stereocenters. The molecule has 98 valence electrons. The van der Waals surface area contributed by atoms with E-state index in [0.29, 0.717) is 11.8 Å². The van der Waals surface area contributed by atoms with E-state index < -0.39 is 0 Å². The molecule has 1 aliphatic rings. The molecule has 0 aliphatic heterocycles. The quantitative estimate of drug-likeness (QED) is 0.833. The Bertz CT molecular complexity index is 438. The van der Waals surface area contributed by atoms with Crippen LogP contribution in [0.4, 0.5) is 10.5 Å². The van der Waals surface area contributed by atoms with E-state index in [-0.39, 0.29) is 6.03 Å². The first-order chi connectivity index (χ1) is 8.65. The molecular weight excluding hydrogens is 224 g/mol. The SMILES string of the molecule is CCC(C)c1ccc(C2CC2)c(NC(=O)NC)c1. The Balaban J connectivity index is 2.28. The second-order valence-corrected chi connectivity index (χ2v) is 5.13. The molecular formula is C15H22N2O. The van der Waals surface area contributed by atoms with Gasteiger partial charge in [0.15, 0.2) is 0 Å². The van der Waals surface area contributed by atoms with Crippen molar-refractivity contribution in [2.45, 2.75) is 44.9 Å². The van der Waals surface area contributed by atoms with Gasteiger partial charge in [-0.1, -0.05) is 26.0 Å². The van der Waals surface area contributed by atoms with Crippen molar-refractivity contribution in [2.75, 3.05) is 12.4 Å². The lowest BCUT2D eigenvalue weighted by atomic mass is 9.95. The summed E-state index contributed by atoms with van der Waals surface area (Å²) in [4.78, 5) is 11.5. The molecule has 2 rings (SSSR count). The average molecular weight is 246 g/mol. The van der Waals surface area contributed by atoms with E-state index in [0.717, 1.165) is 12.1 Å². The summed E-state index contributed by atoms with van der Waals surface area (Å²) < 4.78 is 0. The molecule has 1 saturated carbocycles. The van der Waals surface area contributed by atoms with Gasteiger partial charge in [0.25, 0.3) is 0 Å². The van der Waals surface area contributed by atoms with E-state index in [2.05, 4.69) is 42.7 Å². The number of anilines is 1. The van der Waals surface area contributed by atoms with Crippen LogP contribution in [0.5, 0.6) is 0 Å². The molecule has 1 aromatic rings. The van der Waals surface area contributed by atoms with E-state index >= 15 is 0 Å². The molecule has 0 heterocycles. The number of hydrogen-bond donors (Lipinski definition) is 2. The number of hydrogen-bond acceptors (Lipinski definition) is 1. The second kappa shape index (κ2) is 5.42.